The fourth-order valence-electron chi connectivity index (χ4n) is 6.89. The quantitative estimate of drug-likeness (QED) is 0.430. The van der Waals surface area contributed by atoms with Crippen molar-refractivity contribution in [3.63, 3.8) is 0 Å². The van der Waals surface area contributed by atoms with Gasteiger partial charge >= 0.3 is 5.97 Å². The number of fused-ring (bicyclic) bond motifs is 1. The Kier molecular flexibility index (Phi) is 6.49. The summed E-state index contributed by atoms with van der Waals surface area (Å²) in [6, 6.07) is 6.01. The lowest BCUT2D eigenvalue weighted by Crippen LogP contribution is -2.58. The van der Waals surface area contributed by atoms with E-state index in [2.05, 4.69) is 44.8 Å². The number of carbonyl (C=O) groups excluding carboxylic acids is 1. The maximum Gasteiger partial charge on any atom is 0.336 e. The Balaban J connectivity index is 1.69. The van der Waals surface area contributed by atoms with Crippen molar-refractivity contribution in [1.29, 1.82) is 0 Å². The summed E-state index contributed by atoms with van der Waals surface area (Å²) in [5, 5.41) is 24.8. The molecule has 0 spiro atoms. The molecule has 2 fully saturated rings. The van der Waals surface area contributed by atoms with Crippen molar-refractivity contribution in [1.82, 2.24) is 0 Å². The molecule has 0 radical (unpaired) electrons. The zero-order chi connectivity index (χ0) is 24.0. The van der Waals surface area contributed by atoms with Gasteiger partial charge in [-0.15, -0.1) is 0 Å². The number of benzene rings is 1. The third-order valence-corrected chi connectivity index (χ3v) is 9.23. The summed E-state index contributed by atoms with van der Waals surface area (Å²) in [7, 11) is 0. The van der Waals surface area contributed by atoms with E-state index in [1.54, 1.807) is 0 Å². The molecule has 2 unspecified atom stereocenters. The third-order valence-electron chi connectivity index (χ3n) is 9.23. The summed E-state index contributed by atoms with van der Waals surface area (Å²) in [6.45, 7) is 13.3. The maximum atomic E-state index is 12.6. The minimum absolute atomic E-state index is 0.0186. The molecule has 1 heterocycles. The first-order chi connectivity index (χ1) is 15.6. The van der Waals surface area contributed by atoms with Crippen molar-refractivity contribution in [3.8, 4) is 0 Å². The van der Waals surface area contributed by atoms with Crippen molar-refractivity contribution in [2.24, 2.45) is 22.7 Å². The summed E-state index contributed by atoms with van der Waals surface area (Å²) < 4.78 is 5.29. The Morgan fingerprint density at radius 3 is 2.70 bits per heavy atom. The van der Waals surface area contributed by atoms with Crippen LogP contribution < -0.4 is 5.32 Å². The number of aliphatic hydroxyl groups is 2. The Morgan fingerprint density at radius 1 is 1.27 bits per heavy atom. The van der Waals surface area contributed by atoms with Gasteiger partial charge in [-0.1, -0.05) is 38.1 Å². The fraction of sp³-hybridized carbons (Fsp3) is 0.607. The lowest BCUT2D eigenvalue weighted by atomic mass is 9.46. The van der Waals surface area contributed by atoms with Crippen LogP contribution in [0.3, 0.4) is 0 Å². The molecular formula is C28H39NO4. The van der Waals surface area contributed by atoms with Crippen molar-refractivity contribution >= 4 is 11.7 Å². The molecule has 2 saturated carbocycles. The highest BCUT2D eigenvalue weighted by Crippen LogP contribution is 2.62. The molecule has 6 atom stereocenters. The van der Waals surface area contributed by atoms with Crippen molar-refractivity contribution in [2.75, 3.05) is 18.5 Å². The predicted molar refractivity (Wildman–Crippen MR) is 131 cm³/mol. The zero-order valence-corrected chi connectivity index (χ0v) is 20.5. The van der Waals surface area contributed by atoms with Gasteiger partial charge in [-0.2, -0.15) is 0 Å². The van der Waals surface area contributed by atoms with E-state index in [1.165, 1.54) is 16.7 Å². The number of allylic oxidation sites excluding steroid dienone is 1. The number of nitrogens with one attached hydrogen (secondary N) is 1. The molecule has 0 bridgehead atoms. The molecule has 2 aliphatic carbocycles. The fourth-order valence-corrected chi connectivity index (χ4v) is 6.89. The summed E-state index contributed by atoms with van der Waals surface area (Å²) in [6.07, 6.45) is 5.51. The molecule has 4 rings (SSSR count). The van der Waals surface area contributed by atoms with Gasteiger partial charge in [-0.3, -0.25) is 0 Å². The molecule has 1 aromatic carbocycles. The first-order valence-corrected chi connectivity index (χ1v) is 12.3. The molecule has 5 heteroatoms. The van der Waals surface area contributed by atoms with Crippen LogP contribution in [0.15, 0.2) is 42.0 Å². The van der Waals surface area contributed by atoms with E-state index in [1.807, 2.05) is 19.1 Å². The number of cyclic esters (lactones) is 1. The van der Waals surface area contributed by atoms with E-state index in [0.717, 1.165) is 31.4 Å². The SMILES string of the molecule is C=C1CCC2[C@](C)(CO)[C@H](O)CC[C@]2(C)[C@H]1CC(Nc1cccc(C)c1C)C1=CCOC1=O. The van der Waals surface area contributed by atoms with Crippen molar-refractivity contribution in [2.45, 2.75) is 71.9 Å². The number of hydrogen-bond donors (Lipinski definition) is 3. The normalized spacial score (nSPS) is 35.0. The Labute approximate surface area is 197 Å². The van der Waals surface area contributed by atoms with E-state index < -0.39 is 11.5 Å². The number of hydrogen-bond acceptors (Lipinski definition) is 5. The van der Waals surface area contributed by atoms with Crippen LogP contribution >= 0.6 is 0 Å². The molecule has 0 aromatic heterocycles. The lowest BCUT2D eigenvalue weighted by Gasteiger charge is -2.60. The minimum atomic E-state index is -0.520. The van der Waals surface area contributed by atoms with E-state index in [-0.39, 0.29) is 35.9 Å². The topological polar surface area (TPSA) is 78.8 Å². The molecule has 1 aliphatic heterocycles. The second kappa shape index (κ2) is 8.92. The van der Waals surface area contributed by atoms with Crippen LogP contribution in [0.2, 0.25) is 0 Å². The highest BCUT2D eigenvalue weighted by molar-refractivity contribution is 5.92. The standard InChI is InChI=1S/C28H39NO4/c1-17-7-6-8-22(19(17)3)29-23(20-12-14-33-26(20)32)15-21-18(2)9-10-24-27(21,4)13-11-25(31)28(24,5)16-30/h6-8,12,21,23-25,29-31H,2,9-11,13-16H2,1,3-5H3/t21-,23?,24?,25+,27+,28-/m0/s1. The summed E-state index contributed by atoms with van der Waals surface area (Å²) in [5.41, 5.74) is 4.69. The summed E-state index contributed by atoms with van der Waals surface area (Å²) in [4.78, 5) is 12.6. The Morgan fingerprint density at radius 2 is 2.03 bits per heavy atom. The minimum Gasteiger partial charge on any atom is -0.458 e. The zero-order valence-electron chi connectivity index (χ0n) is 20.5. The van der Waals surface area contributed by atoms with Gasteiger partial charge in [-0.25, -0.2) is 4.79 Å². The van der Waals surface area contributed by atoms with Crippen LogP contribution in [0, 0.1) is 36.5 Å². The second-order valence-corrected chi connectivity index (χ2v) is 11.0. The van der Waals surface area contributed by atoms with Crippen LogP contribution in [0.1, 0.15) is 57.1 Å². The first-order valence-electron chi connectivity index (χ1n) is 12.3. The Hall–Kier alpha value is -2.11. The third kappa shape index (κ3) is 4.04. The van der Waals surface area contributed by atoms with Crippen LogP contribution in [-0.4, -0.2) is 41.5 Å². The predicted octanol–water partition coefficient (Wildman–Crippen LogP) is 4.70. The van der Waals surface area contributed by atoms with Crippen molar-refractivity contribution < 1.29 is 19.7 Å². The highest BCUT2D eigenvalue weighted by Gasteiger charge is 2.58. The number of anilines is 1. The van der Waals surface area contributed by atoms with Gasteiger partial charge in [0.25, 0.3) is 0 Å². The smallest absolute Gasteiger partial charge is 0.336 e. The average Bonchev–Trinajstić information content (AvgIpc) is 3.21. The second-order valence-electron chi connectivity index (χ2n) is 11.0. The van der Waals surface area contributed by atoms with E-state index in [0.29, 0.717) is 18.6 Å². The lowest BCUT2D eigenvalue weighted by molar-refractivity contribution is -0.152. The highest BCUT2D eigenvalue weighted by atomic mass is 16.5. The van der Waals surface area contributed by atoms with E-state index in [4.69, 9.17) is 4.74 Å². The molecule has 0 amide bonds. The largest absolute Gasteiger partial charge is 0.458 e. The summed E-state index contributed by atoms with van der Waals surface area (Å²) >= 11 is 0. The number of aryl methyl sites for hydroxylation is 1. The number of esters is 1. The number of ether oxygens (including phenoxy) is 1. The van der Waals surface area contributed by atoms with Gasteiger partial charge in [0.1, 0.15) is 6.61 Å². The molecule has 5 nitrogen and oxygen atoms in total. The maximum absolute atomic E-state index is 12.6. The molecule has 0 saturated heterocycles. The van der Waals surface area contributed by atoms with Crippen molar-refractivity contribution in [3.05, 3.63) is 53.1 Å². The van der Waals surface area contributed by atoms with Gasteiger partial charge in [0, 0.05) is 11.1 Å². The Bertz CT molecular complexity index is 969. The molecule has 3 aliphatic rings. The molecular weight excluding hydrogens is 414 g/mol. The van der Waals surface area contributed by atoms with Gasteiger partial charge in [-0.05, 0) is 86.5 Å². The van der Waals surface area contributed by atoms with Gasteiger partial charge in [0.2, 0.25) is 0 Å². The van der Waals surface area contributed by atoms with E-state index >= 15 is 0 Å². The van der Waals surface area contributed by atoms with Gasteiger partial charge < -0.3 is 20.3 Å². The van der Waals surface area contributed by atoms with Crippen LogP contribution in [0.5, 0.6) is 0 Å². The molecule has 180 valence electrons. The molecule has 3 N–H and O–H groups in total. The molecule has 1 aromatic rings. The monoisotopic (exact) mass is 453 g/mol. The molecule has 33 heavy (non-hydrogen) atoms. The van der Waals surface area contributed by atoms with Gasteiger partial charge in [0.05, 0.1) is 24.3 Å². The first kappa shape index (κ1) is 24.0. The van der Waals surface area contributed by atoms with Crippen LogP contribution in [0.4, 0.5) is 5.69 Å². The summed E-state index contributed by atoms with van der Waals surface area (Å²) in [5.74, 6) is 0.117. The van der Waals surface area contributed by atoms with E-state index in [9.17, 15) is 15.0 Å². The van der Waals surface area contributed by atoms with Crippen LogP contribution in [0.25, 0.3) is 0 Å². The number of rotatable bonds is 6. The van der Waals surface area contributed by atoms with Gasteiger partial charge in [0.15, 0.2) is 0 Å². The average molecular weight is 454 g/mol. The van der Waals surface area contributed by atoms with Crippen LogP contribution in [-0.2, 0) is 9.53 Å². The number of aliphatic hydroxyl groups excluding tert-OH is 2. The number of carbonyl (C=O) groups is 1.